The molecule has 0 aliphatic rings. The van der Waals surface area contributed by atoms with Gasteiger partial charge in [-0.15, -0.1) is 0 Å². The van der Waals surface area contributed by atoms with E-state index in [1.54, 1.807) is 0 Å². The van der Waals surface area contributed by atoms with Gasteiger partial charge in [-0.05, 0) is 126 Å². The molecule has 0 aromatic heterocycles. The lowest BCUT2D eigenvalue weighted by atomic mass is 10.0. The van der Waals surface area contributed by atoms with Gasteiger partial charge in [0.2, 0.25) is 0 Å². The molecule has 0 aromatic carbocycles. The van der Waals surface area contributed by atoms with E-state index in [2.05, 4.69) is 83.9 Å². The molecular formula is C31H55NO. The maximum Gasteiger partial charge on any atom is 0.0443 e. The summed E-state index contributed by atoms with van der Waals surface area (Å²) in [5.41, 5.74) is 7.49. The van der Waals surface area contributed by atoms with Crippen LogP contribution in [0.15, 0.2) is 58.2 Å². The maximum absolute atomic E-state index is 8.90. The molecule has 0 aliphatic carbocycles. The first-order valence-corrected chi connectivity index (χ1v) is 13.3. The van der Waals surface area contributed by atoms with Crippen LogP contribution >= 0.6 is 0 Å². The minimum absolute atomic E-state index is 0.292. The quantitative estimate of drug-likeness (QED) is 0.154. The van der Waals surface area contributed by atoms with Gasteiger partial charge in [0.15, 0.2) is 0 Å². The van der Waals surface area contributed by atoms with E-state index in [0.717, 1.165) is 38.8 Å². The van der Waals surface area contributed by atoms with E-state index in [4.69, 9.17) is 5.11 Å². The Morgan fingerprint density at radius 1 is 0.545 bits per heavy atom. The minimum atomic E-state index is 0.292. The molecule has 0 atom stereocenters. The van der Waals surface area contributed by atoms with E-state index in [0.29, 0.717) is 6.61 Å². The third-order valence-corrected chi connectivity index (χ3v) is 6.12. The molecule has 33 heavy (non-hydrogen) atoms. The van der Waals surface area contributed by atoms with Crippen LogP contribution in [0.25, 0.3) is 0 Å². The zero-order chi connectivity index (χ0) is 24.9. The molecule has 0 radical (unpaired) electrons. The molecule has 2 nitrogen and oxygen atoms in total. The number of aliphatic hydroxyl groups excluding tert-OH is 1. The Labute approximate surface area is 207 Å². The van der Waals surface area contributed by atoms with Crippen LogP contribution in [-0.4, -0.2) is 36.8 Å². The van der Waals surface area contributed by atoms with Crippen LogP contribution in [0.5, 0.6) is 0 Å². The molecule has 0 bridgehead atoms. The van der Waals surface area contributed by atoms with E-state index in [1.165, 1.54) is 72.8 Å². The maximum atomic E-state index is 8.90. The average Bonchev–Trinajstić information content (AvgIpc) is 2.75. The normalized spacial score (nSPS) is 13.7. The van der Waals surface area contributed by atoms with Crippen molar-refractivity contribution in [2.24, 2.45) is 0 Å². The molecule has 190 valence electrons. The Kier molecular flexibility index (Phi) is 20.3. The second kappa shape index (κ2) is 21.2. The monoisotopic (exact) mass is 457 g/mol. The molecule has 0 spiro atoms. The number of allylic oxidation sites excluding steroid dienone is 10. The summed E-state index contributed by atoms with van der Waals surface area (Å²) in [6.07, 6.45) is 24.6. The number of nitrogens with zero attached hydrogens (tertiary/aromatic N) is 1. The Hall–Kier alpha value is -1.38. The summed E-state index contributed by atoms with van der Waals surface area (Å²) < 4.78 is 0. The van der Waals surface area contributed by atoms with Crippen molar-refractivity contribution in [3.05, 3.63) is 58.2 Å². The summed E-state index contributed by atoms with van der Waals surface area (Å²) in [5, 5.41) is 8.90. The fourth-order valence-electron chi connectivity index (χ4n) is 3.83. The van der Waals surface area contributed by atoms with E-state index in [-0.39, 0.29) is 0 Å². The van der Waals surface area contributed by atoms with Crippen molar-refractivity contribution in [2.75, 3.05) is 26.7 Å². The Morgan fingerprint density at radius 3 is 1.39 bits per heavy atom. The van der Waals surface area contributed by atoms with Gasteiger partial charge in [0.25, 0.3) is 0 Å². The van der Waals surface area contributed by atoms with Gasteiger partial charge in [-0.2, -0.15) is 0 Å². The summed E-state index contributed by atoms with van der Waals surface area (Å²) in [5.74, 6) is 0. The summed E-state index contributed by atoms with van der Waals surface area (Å²) in [6, 6.07) is 0. The van der Waals surface area contributed by atoms with Crippen molar-refractivity contribution < 1.29 is 5.11 Å². The molecule has 0 amide bonds. The highest BCUT2D eigenvalue weighted by Crippen LogP contribution is 2.14. The first kappa shape index (κ1) is 31.6. The van der Waals surface area contributed by atoms with Gasteiger partial charge in [-0.3, -0.25) is 0 Å². The second-order valence-corrected chi connectivity index (χ2v) is 10.2. The molecule has 0 saturated heterocycles. The standard InChI is InChI=1S/C31H55NO/c1-27(2)15-10-18-30(5)21-11-19-28(3)16-8-9-17-29(4)20-12-22-31(6)23-13-24-32(7)25-14-26-33/h15-17,21-22,33H,8-14,18-20,23-26H2,1-7H3/b28-16+,29-17+,30-21+,31-22+. The third kappa shape index (κ3) is 22.2. The molecule has 0 unspecified atom stereocenters. The van der Waals surface area contributed by atoms with Gasteiger partial charge in [0, 0.05) is 13.2 Å². The summed E-state index contributed by atoms with van der Waals surface area (Å²) >= 11 is 0. The molecule has 0 aromatic rings. The van der Waals surface area contributed by atoms with Crippen molar-refractivity contribution in [3.8, 4) is 0 Å². The highest BCUT2D eigenvalue weighted by Gasteiger charge is 1.98. The lowest BCUT2D eigenvalue weighted by molar-refractivity contribution is 0.246. The fraction of sp³-hybridized carbons (Fsp3) is 0.677. The van der Waals surface area contributed by atoms with Crippen molar-refractivity contribution in [2.45, 2.75) is 112 Å². The first-order valence-electron chi connectivity index (χ1n) is 13.3. The van der Waals surface area contributed by atoms with Gasteiger partial charge >= 0.3 is 0 Å². The van der Waals surface area contributed by atoms with E-state index in [1.807, 2.05) is 0 Å². The summed E-state index contributed by atoms with van der Waals surface area (Å²) in [4.78, 5) is 2.32. The zero-order valence-corrected chi connectivity index (χ0v) is 23.2. The summed E-state index contributed by atoms with van der Waals surface area (Å²) in [6.45, 7) is 15.8. The minimum Gasteiger partial charge on any atom is -0.396 e. The fourth-order valence-corrected chi connectivity index (χ4v) is 3.83. The van der Waals surface area contributed by atoms with Gasteiger partial charge < -0.3 is 10.0 Å². The highest BCUT2D eigenvalue weighted by molar-refractivity contribution is 5.07. The van der Waals surface area contributed by atoms with Crippen molar-refractivity contribution in [1.29, 1.82) is 0 Å². The third-order valence-electron chi connectivity index (χ3n) is 6.12. The molecule has 0 heterocycles. The number of aliphatic hydroxyl groups is 1. The molecule has 0 fully saturated rings. The van der Waals surface area contributed by atoms with E-state index < -0.39 is 0 Å². The Balaban J connectivity index is 4.01. The topological polar surface area (TPSA) is 23.5 Å². The van der Waals surface area contributed by atoms with Gasteiger partial charge in [0.1, 0.15) is 0 Å². The van der Waals surface area contributed by atoms with Crippen LogP contribution in [0.1, 0.15) is 112 Å². The summed E-state index contributed by atoms with van der Waals surface area (Å²) in [7, 11) is 2.14. The van der Waals surface area contributed by atoms with Crippen LogP contribution in [0.2, 0.25) is 0 Å². The number of rotatable bonds is 19. The number of hydrogen-bond acceptors (Lipinski definition) is 2. The molecule has 1 N–H and O–H groups in total. The molecule has 0 aliphatic heterocycles. The van der Waals surface area contributed by atoms with Crippen molar-refractivity contribution in [1.82, 2.24) is 4.90 Å². The molecule has 0 saturated carbocycles. The molecular weight excluding hydrogens is 402 g/mol. The largest absolute Gasteiger partial charge is 0.396 e. The van der Waals surface area contributed by atoms with Crippen molar-refractivity contribution in [3.63, 3.8) is 0 Å². The molecule has 0 rings (SSSR count). The lowest BCUT2D eigenvalue weighted by Gasteiger charge is -2.15. The van der Waals surface area contributed by atoms with Crippen LogP contribution in [0, 0.1) is 0 Å². The predicted octanol–water partition coefficient (Wildman–Crippen LogP) is 8.95. The van der Waals surface area contributed by atoms with E-state index >= 15 is 0 Å². The van der Waals surface area contributed by atoms with Gasteiger partial charge in [0.05, 0.1) is 0 Å². The molecule has 2 heteroatoms. The lowest BCUT2D eigenvalue weighted by Crippen LogP contribution is -2.21. The van der Waals surface area contributed by atoms with Gasteiger partial charge in [-0.25, -0.2) is 0 Å². The predicted molar refractivity (Wildman–Crippen MR) is 150 cm³/mol. The smallest absolute Gasteiger partial charge is 0.0443 e. The number of hydrogen-bond donors (Lipinski definition) is 1. The van der Waals surface area contributed by atoms with Gasteiger partial charge in [-0.1, -0.05) is 58.2 Å². The average molecular weight is 458 g/mol. The first-order chi connectivity index (χ1) is 15.7. The zero-order valence-electron chi connectivity index (χ0n) is 23.2. The highest BCUT2D eigenvalue weighted by atomic mass is 16.3. The second-order valence-electron chi connectivity index (χ2n) is 10.2. The number of unbranched alkanes of at least 4 members (excludes halogenated alkanes) is 1. The van der Waals surface area contributed by atoms with E-state index in [9.17, 15) is 0 Å². The van der Waals surface area contributed by atoms with Crippen LogP contribution in [0.3, 0.4) is 0 Å². The van der Waals surface area contributed by atoms with Crippen LogP contribution in [-0.2, 0) is 0 Å². The van der Waals surface area contributed by atoms with Crippen LogP contribution < -0.4 is 0 Å². The Bertz CT molecular complexity index is 644. The van der Waals surface area contributed by atoms with Crippen molar-refractivity contribution >= 4 is 0 Å². The Morgan fingerprint density at radius 2 is 0.939 bits per heavy atom. The SMILES string of the molecule is CC(C)=CCC/C(C)=C/CC/C(C)=C/CC/C=C(\C)CC/C=C(\C)CCCN(C)CCCO. The van der Waals surface area contributed by atoms with Crippen LogP contribution in [0.4, 0.5) is 0 Å².